The maximum atomic E-state index is 12.5. The van der Waals surface area contributed by atoms with E-state index in [9.17, 15) is 9.59 Å². The summed E-state index contributed by atoms with van der Waals surface area (Å²) >= 11 is 0. The van der Waals surface area contributed by atoms with Crippen molar-refractivity contribution in [2.24, 2.45) is 0 Å². The van der Waals surface area contributed by atoms with Crippen LogP contribution in [0.25, 0.3) is 10.9 Å². The van der Waals surface area contributed by atoms with Crippen LogP contribution in [0.5, 0.6) is 0 Å². The molecule has 6 heteroatoms. The first-order valence-corrected chi connectivity index (χ1v) is 10.1. The summed E-state index contributed by atoms with van der Waals surface area (Å²) in [5, 5.41) is 3.51. The summed E-state index contributed by atoms with van der Waals surface area (Å²) in [7, 11) is 0. The molecule has 0 saturated heterocycles. The number of carbonyl (C=O) groups excluding carboxylic acids is 1. The number of likely N-dealkylation sites (N-methyl/N-ethyl adjacent to an activating group) is 1. The Morgan fingerprint density at radius 3 is 2.55 bits per heavy atom. The van der Waals surface area contributed by atoms with Gasteiger partial charge in [-0.2, -0.15) is 0 Å². The van der Waals surface area contributed by atoms with Gasteiger partial charge < -0.3 is 10.3 Å². The van der Waals surface area contributed by atoms with Gasteiger partial charge in [0.25, 0.3) is 5.56 Å². The van der Waals surface area contributed by atoms with Crippen LogP contribution in [0, 0.1) is 0 Å². The first kappa shape index (κ1) is 20.7. The van der Waals surface area contributed by atoms with E-state index in [1.807, 2.05) is 42.2 Å². The van der Waals surface area contributed by atoms with Crippen molar-refractivity contribution in [3.63, 3.8) is 0 Å². The fourth-order valence-electron chi connectivity index (χ4n) is 3.24. The van der Waals surface area contributed by atoms with Gasteiger partial charge in [0.15, 0.2) is 0 Å². The smallest absolute Gasteiger partial charge is 0.258 e. The Kier molecular flexibility index (Phi) is 6.77. The van der Waals surface area contributed by atoms with Crippen LogP contribution in [-0.4, -0.2) is 33.9 Å². The monoisotopic (exact) mass is 392 g/mol. The molecule has 0 aliphatic carbocycles. The van der Waals surface area contributed by atoms with E-state index in [-0.39, 0.29) is 18.0 Å². The highest BCUT2D eigenvalue weighted by Gasteiger charge is 2.13. The quantitative estimate of drug-likeness (QED) is 0.609. The van der Waals surface area contributed by atoms with E-state index in [0.29, 0.717) is 35.7 Å². The number of amides is 1. The maximum Gasteiger partial charge on any atom is 0.258 e. The molecule has 2 N–H and O–H groups in total. The van der Waals surface area contributed by atoms with Crippen molar-refractivity contribution in [1.82, 2.24) is 14.9 Å². The van der Waals surface area contributed by atoms with E-state index >= 15 is 0 Å². The van der Waals surface area contributed by atoms with Gasteiger partial charge in [-0.1, -0.05) is 45.0 Å². The van der Waals surface area contributed by atoms with Crippen molar-refractivity contribution in [3.05, 3.63) is 70.3 Å². The highest BCUT2D eigenvalue weighted by Crippen LogP contribution is 2.20. The lowest BCUT2D eigenvalue weighted by molar-refractivity contribution is -0.117. The lowest BCUT2D eigenvalue weighted by Gasteiger charge is -2.19. The van der Waals surface area contributed by atoms with Crippen LogP contribution in [0.15, 0.2) is 53.3 Å². The Labute approximate surface area is 171 Å². The fraction of sp³-hybridized carbons (Fsp3) is 0.348. The second kappa shape index (κ2) is 9.47. The molecule has 0 bridgehead atoms. The number of H-pyrrole nitrogens is 1. The lowest BCUT2D eigenvalue weighted by atomic mass is 9.99. The van der Waals surface area contributed by atoms with Gasteiger partial charge in [0.2, 0.25) is 5.91 Å². The number of aromatic nitrogens is 2. The SMILES string of the molecule is CC[C@H](C)c1ccc(NC(=O)CN(CC)Cc2nc3ccccc3c(=O)[nH]2)cc1. The standard InChI is InChI=1S/C23H28N4O2/c1-4-16(3)17-10-12-18(13-11-17)24-22(28)15-27(5-2)14-21-25-20-9-7-6-8-19(20)23(29)26-21/h6-13,16H,4-5,14-15H2,1-3H3,(H,24,28)(H,25,26,29)/t16-/m0/s1. The number of hydrogen-bond acceptors (Lipinski definition) is 4. The van der Waals surface area contributed by atoms with Gasteiger partial charge in [-0.3, -0.25) is 14.5 Å². The molecule has 1 atom stereocenters. The minimum atomic E-state index is -0.160. The van der Waals surface area contributed by atoms with Crippen molar-refractivity contribution < 1.29 is 4.79 Å². The largest absolute Gasteiger partial charge is 0.325 e. The van der Waals surface area contributed by atoms with Crippen LogP contribution in [0.3, 0.4) is 0 Å². The van der Waals surface area contributed by atoms with E-state index < -0.39 is 0 Å². The topological polar surface area (TPSA) is 78.1 Å². The highest BCUT2D eigenvalue weighted by atomic mass is 16.2. The van der Waals surface area contributed by atoms with Gasteiger partial charge in [0, 0.05) is 5.69 Å². The third-order valence-corrected chi connectivity index (χ3v) is 5.23. The zero-order valence-electron chi connectivity index (χ0n) is 17.2. The van der Waals surface area contributed by atoms with Gasteiger partial charge in [0.1, 0.15) is 5.82 Å². The number of rotatable bonds is 8. The molecule has 1 aromatic heterocycles. The average Bonchev–Trinajstić information content (AvgIpc) is 2.73. The second-order valence-electron chi connectivity index (χ2n) is 7.31. The lowest BCUT2D eigenvalue weighted by Crippen LogP contribution is -2.33. The number of aromatic amines is 1. The molecule has 1 heterocycles. The van der Waals surface area contributed by atoms with Crippen LogP contribution in [0.1, 0.15) is 44.5 Å². The fourth-order valence-corrected chi connectivity index (χ4v) is 3.24. The first-order valence-electron chi connectivity index (χ1n) is 10.1. The summed E-state index contributed by atoms with van der Waals surface area (Å²) in [6.45, 7) is 7.62. The number of hydrogen-bond donors (Lipinski definition) is 2. The van der Waals surface area contributed by atoms with Crippen molar-refractivity contribution in [2.75, 3.05) is 18.4 Å². The van der Waals surface area contributed by atoms with Crippen LogP contribution < -0.4 is 10.9 Å². The summed E-state index contributed by atoms with van der Waals surface area (Å²) in [4.78, 5) is 34.0. The molecule has 0 unspecified atom stereocenters. The third-order valence-electron chi connectivity index (χ3n) is 5.23. The molecular weight excluding hydrogens is 364 g/mol. The Hall–Kier alpha value is -2.99. The van der Waals surface area contributed by atoms with Crippen molar-refractivity contribution in [3.8, 4) is 0 Å². The molecule has 0 aliphatic rings. The molecular formula is C23H28N4O2. The Balaban J connectivity index is 1.63. The van der Waals surface area contributed by atoms with Gasteiger partial charge in [-0.15, -0.1) is 0 Å². The second-order valence-corrected chi connectivity index (χ2v) is 7.31. The molecule has 29 heavy (non-hydrogen) atoms. The molecule has 2 aromatic carbocycles. The molecule has 0 saturated carbocycles. The van der Waals surface area contributed by atoms with Crippen molar-refractivity contribution in [2.45, 2.75) is 39.7 Å². The molecule has 3 rings (SSSR count). The minimum Gasteiger partial charge on any atom is -0.325 e. The molecule has 0 aliphatic heterocycles. The number of nitrogens with one attached hydrogen (secondary N) is 2. The maximum absolute atomic E-state index is 12.5. The zero-order valence-corrected chi connectivity index (χ0v) is 17.2. The number of nitrogens with zero attached hydrogens (tertiary/aromatic N) is 2. The van der Waals surface area contributed by atoms with Crippen LogP contribution in [-0.2, 0) is 11.3 Å². The van der Waals surface area contributed by atoms with Crippen LogP contribution in [0.2, 0.25) is 0 Å². The zero-order chi connectivity index (χ0) is 20.8. The molecule has 0 fully saturated rings. The number of anilines is 1. The van der Waals surface area contributed by atoms with Gasteiger partial charge >= 0.3 is 0 Å². The van der Waals surface area contributed by atoms with Gasteiger partial charge in [-0.25, -0.2) is 4.98 Å². The summed E-state index contributed by atoms with van der Waals surface area (Å²) in [5.41, 5.74) is 2.56. The molecule has 152 valence electrons. The third kappa shape index (κ3) is 5.29. The van der Waals surface area contributed by atoms with E-state index in [0.717, 1.165) is 12.1 Å². The Bertz CT molecular complexity index is 1030. The van der Waals surface area contributed by atoms with Crippen molar-refractivity contribution >= 4 is 22.5 Å². The van der Waals surface area contributed by atoms with Gasteiger partial charge in [-0.05, 0) is 48.7 Å². The Morgan fingerprint density at radius 1 is 1.14 bits per heavy atom. The van der Waals surface area contributed by atoms with Crippen LogP contribution in [0.4, 0.5) is 5.69 Å². The minimum absolute atomic E-state index is 0.0914. The Morgan fingerprint density at radius 2 is 1.86 bits per heavy atom. The average molecular weight is 393 g/mol. The van der Waals surface area contributed by atoms with E-state index in [1.165, 1.54) is 5.56 Å². The van der Waals surface area contributed by atoms with E-state index in [4.69, 9.17) is 0 Å². The molecule has 1 amide bonds. The normalized spacial score (nSPS) is 12.3. The molecule has 6 nitrogen and oxygen atoms in total. The predicted octanol–water partition coefficient (Wildman–Crippen LogP) is 3.90. The molecule has 3 aromatic rings. The molecule has 0 spiro atoms. The highest BCUT2D eigenvalue weighted by molar-refractivity contribution is 5.92. The first-order chi connectivity index (χ1) is 14.0. The van der Waals surface area contributed by atoms with E-state index in [2.05, 4.69) is 41.3 Å². The summed E-state index contributed by atoms with van der Waals surface area (Å²) in [6.07, 6.45) is 1.09. The number of para-hydroxylation sites is 1. The molecule has 0 radical (unpaired) electrons. The van der Waals surface area contributed by atoms with Gasteiger partial charge in [0.05, 0.1) is 24.0 Å². The summed E-state index contributed by atoms with van der Waals surface area (Å²) < 4.78 is 0. The number of carbonyl (C=O) groups is 1. The summed E-state index contributed by atoms with van der Waals surface area (Å²) in [5.74, 6) is 0.972. The van der Waals surface area contributed by atoms with E-state index in [1.54, 1.807) is 6.07 Å². The number of fused-ring (bicyclic) bond motifs is 1. The van der Waals surface area contributed by atoms with Crippen molar-refractivity contribution in [1.29, 1.82) is 0 Å². The summed E-state index contributed by atoms with van der Waals surface area (Å²) in [6, 6.07) is 15.3. The van der Waals surface area contributed by atoms with Crippen LogP contribution >= 0.6 is 0 Å². The predicted molar refractivity (Wildman–Crippen MR) is 117 cm³/mol. The number of benzene rings is 2.